The van der Waals surface area contributed by atoms with Crippen LogP contribution in [0.2, 0.25) is 0 Å². The second-order valence-electron chi connectivity index (χ2n) is 5.03. The van der Waals surface area contributed by atoms with Crippen molar-refractivity contribution in [2.24, 2.45) is 9.98 Å². The molecule has 0 saturated carbocycles. The van der Waals surface area contributed by atoms with Crippen molar-refractivity contribution >= 4 is 24.0 Å². The summed E-state index contributed by atoms with van der Waals surface area (Å²) in [5, 5.41) is -0.137. The molecule has 0 aliphatic carbocycles. The summed E-state index contributed by atoms with van der Waals surface area (Å²) in [5.41, 5.74) is 0. The van der Waals surface area contributed by atoms with Crippen molar-refractivity contribution in [3.8, 4) is 0 Å². The highest BCUT2D eigenvalue weighted by molar-refractivity contribution is 6.36. The maximum absolute atomic E-state index is 6.08. The van der Waals surface area contributed by atoms with E-state index in [1.165, 1.54) is 57.8 Å². The highest BCUT2D eigenvalue weighted by atomic mass is 35.5. The van der Waals surface area contributed by atoms with Gasteiger partial charge in [0.1, 0.15) is 5.38 Å². The average Bonchev–Trinajstić information content (AvgIpc) is 2.41. The molecule has 0 fully saturated rings. The molecule has 0 heterocycles. The minimum atomic E-state index is -0.137. The van der Waals surface area contributed by atoms with Gasteiger partial charge in [-0.15, -0.1) is 11.6 Å². The van der Waals surface area contributed by atoms with Gasteiger partial charge in [0.15, 0.2) is 0 Å². The molecule has 0 rings (SSSR count). The van der Waals surface area contributed by atoms with Crippen LogP contribution in [0.25, 0.3) is 0 Å². The molecule has 0 radical (unpaired) electrons. The normalized spacial score (nSPS) is 13.6. The first kappa shape index (κ1) is 18.6. The van der Waals surface area contributed by atoms with Gasteiger partial charge in [-0.25, -0.2) is 0 Å². The van der Waals surface area contributed by atoms with E-state index in [-0.39, 0.29) is 5.38 Å². The molecule has 1 unspecified atom stereocenters. The predicted molar refractivity (Wildman–Crippen MR) is 89.3 cm³/mol. The van der Waals surface area contributed by atoms with Gasteiger partial charge in [0.25, 0.3) is 0 Å². The van der Waals surface area contributed by atoms with E-state index in [0.29, 0.717) is 0 Å². The molecule has 112 valence electrons. The molecule has 0 amide bonds. The average molecular weight is 287 g/mol. The first-order chi connectivity index (χ1) is 9.31. The number of unbranched alkanes of at least 4 members (excludes halogenated alkanes) is 7. The molecule has 1 atom stereocenters. The van der Waals surface area contributed by atoms with Gasteiger partial charge in [-0.05, 0) is 12.8 Å². The lowest BCUT2D eigenvalue weighted by molar-refractivity contribution is 0.639. The van der Waals surface area contributed by atoms with Gasteiger partial charge in [-0.3, -0.25) is 9.98 Å². The lowest BCUT2D eigenvalue weighted by atomic mass is 10.2. The molecule has 0 aromatic heterocycles. The van der Waals surface area contributed by atoms with Gasteiger partial charge < -0.3 is 0 Å². The summed E-state index contributed by atoms with van der Waals surface area (Å²) in [6.45, 7) is 6.25. The lowest BCUT2D eigenvalue weighted by Crippen LogP contribution is -2.02. The number of halogens is 1. The standard InChI is InChI=1S/C16H31ClN2/c1-3-5-7-9-11-13-19-15-16(17)14-18-12-10-8-6-4-2/h14-16H,3-13H2,1-2H3. The zero-order chi connectivity index (χ0) is 14.2. The van der Waals surface area contributed by atoms with Gasteiger partial charge in [-0.2, -0.15) is 0 Å². The lowest BCUT2D eigenvalue weighted by Gasteiger charge is -1.98. The Morgan fingerprint density at radius 3 is 1.63 bits per heavy atom. The Hall–Kier alpha value is -0.370. The largest absolute Gasteiger partial charge is 0.296 e. The Kier molecular flexibility index (Phi) is 15.4. The van der Waals surface area contributed by atoms with E-state index in [4.69, 9.17) is 11.6 Å². The first-order valence-electron chi connectivity index (χ1n) is 7.95. The predicted octanol–water partition coefficient (Wildman–Crippen LogP) is 5.29. The molecule has 0 saturated heterocycles. The smallest absolute Gasteiger partial charge is 0.103 e. The zero-order valence-corrected chi connectivity index (χ0v) is 13.5. The van der Waals surface area contributed by atoms with Gasteiger partial charge in [0.2, 0.25) is 0 Å². The van der Waals surface area contributed by atoms with Crippen molar-refractivity contribution in [2.75, 3.05) is 13.1 Å². The van der Waals surface area contributed by atoms with Gasteiger partial charge in [-0.1, -0.05) is 58.8 Å². The molecular weight excluding hydrogens is 256 g/mol. The van der Waals surface area contributed by atoms with E-state index in [1.807, 2.05) is 12.4 Å². The molecule has 0 aromatic rings. The maximum atomic E-state index is 6.08. The number of nitrogens with zero attached hydrogens (tertiary/aromatic N) is 2. The molecule has 3 heteroatoms. The summed E-state index contributed by atoms with van der Waals surface area (Å²) in [6.07, 6.45) is 15.1. The summed E-state index contributed by atoms with van der Waals surface area (Å²) < 4.78 is 0. The van der Waals surface area contributed by atoms with E-state index < -0.39 is 0 Å². The number of hydrogen-bond acceptors (Lipinski definition) is 2. The second-order valence-corrected chi connectivity index (χ2v) is 5.53. The van der Waals surface area contributed by atoms with E-state index in [9.17, 15) is 0 Å². The van der Waals surface area contributed by atoms with Gasteiger partial charge in [0, 0.05) is 25.5 Å². The Labute approximate surface area is 124 Å². The van der Waals surface area contributed by atoms with E-state index in [2.05, 4.69) is 23.8 Å². The molecule has 0 aliphatic rings. The van der Waals surface area contributed by atoms with Crippen LogP contribution < -0.4 is 0 Å². The fraction of sp³-hybridized carbons (Fsp3) is 0.875. The monoisotopic (exact) mass is 286 g/mol. The molecule has 0 N–H and O–H groups in total. The Balaban J connectivity index is 3.40. The Bertz CT molecular complexity index is 227. The third kappa shape index (κ3) is 15.6. The Morgan fingerprint density at radius 1 is 0.737 bits per heavy atom. The van der Waals surface area contributed by atoms with Crippen LogP contribution in [0.15, 0.2) is 9.98 Å². The quantitative estimate of drug-likeness (QED) is 0.250. The van der Waals surface area contributed by atoms with Crippen molar-refractivity contribution < 1.29 is 0 Å². The summed E-state index contributed by atoms with van der Waals surface area (Å²) in [4.78, 5) is 8.68. The van der Waals surface area contributed by atoms with Crippen LogP contribution in [0.1, 0.15) is 71.6 Å². The van der Waals surface area contributed by atoms with E-state index in [0.717, 1.165) is 13.1 Å². The van der Waals surface area contributed by atoms with Crippen LogP contribution >= 0.6 is 11.6 Å². The van der Waals surface area contributed by atoms with Crippen molar-refractivity contribution in [1.29, 1.82) is 0 Å². The summed E-state index contributed by atoms with van der Waals surface area (Å²) in [7, 11) is 0. The van der Waals surface area contributed by atoms with Crippen molar-refractivity contribution in [1.82, 2.24) is 0 Å². The SMILES string of the molecule is CCCCCCCN=CC(Cl)C=NCCCCCC. The highest BCUT2D eigenvalue weighted by Gasteiger charge is 1.94. The third-order valence-electron chi connectivity index (χ3n) is 3.03. The third-order valence-corrected chi connectivity index (χ3v) is 3.25. The molecule has 19 heavy (non-hydrogen) atoms. The van der Waals surface area contributed by atoms with Crippen molar-refractivity contribution in [2.45, 2.75) is 77.0 Å². The molecule has 0 aliphatic heterocycles. The fourth-order valence-corrected chi connectivity index (χ4v) is 1.98. The van der Waals surface area contributed by atoms with E-state index >= 15 is 0 Å². The minimum absolute atomic E-state index is 0.137. The second kappa shape index (κ2) is 15.7. The number of alkyl halides is 1. The topological polar surface area (TPSA) is 24.7 Å². The van der Waals surface area contributed by atoms with Gasteiger partial charge >= 0.3 is 0 Å². The number of aliphatic imine (C=N–C) groups is 2. The molecule has 0 spiro atoms. The summed E-state index contributed by atoms with van der Waals surface area (Å²) >= 11 is 6.08. The molecule has 0 bridgehead atoms. The zero-order valence-electron chi connectivity index (χ0n) is 12.8. The van der Waals surface area contributed by atoms with Gasteiger partial charge in [0.05, 0.1) is 0 Å². The van der Waals surface area contributed by atoms with Crippen LogP contribution in [0.4, 0.5) is 0 Å². The van der Waals surface area contributed by atoms with E-state index in [1.54, 1.807) is 0 Å². The van der Waals surface area contributed by atoms with Crippen LogP contribution in [0.5, 0.6) is 0 Å². The summed E-state index contributed by atoms with van der Waals surface area (Å²) in [5.74, 6) is 0. The van der Waals surface area contributed by atoms with Crippen LogP contribution in [-0.4, -0.2) is 30.9 Å². The molecule has 0 aromatic carbocycles. The van der Waals surface area contributed by atoms with Crippen LogP contribution in [-0.2, 0) is 0 Å². The number of rotatable bonds is 13. The molecule has 2 nitrogen and oxygen atoms in total. The Morgan fingerprint density at radius 2 is 1.16 bits per heavy atom. The van der Waals surface area contributed by atoms with Crippen molar-refractivity contribution in [3.63, 3.8) is 0 Å². The fourth-order valence-electron chi connectivity index (χ4n) is 1.83. The van der Waals surface area contributed by atoms with Crippen LogP contribution in [0, 0.1) is 0 Å². The number of hydrogen-bond donors (Lipinski definition) is 0. The minimum Gasteiger partial charge on any atom is -0.296 e. The van der Waals surface area contributed by atoms with Crippen molar-refractivity contribution in [3.05, 3.63) is 0 Å². The summed E-state index contributed by atoms with van der Waals surface area (Å²) in [6, 6.07) is 0. The maximum Gasteiger partial charge on any atom is 0.103 e. The molecular formula is C16H31ClN2. The van der Waals surface area contributed by atoms with Crippen LogP contribution in [0.3, 0.4) is 0 Å². The highest BCUT2D eigenvalue weighted by Crippen LogP contribution is 2.02. The first-order valence-corrected chi connectivity index (χ1v) is 8.38.